The van der Waals surface area contributed by atoms with Gasteiger partial charge in [0, 0.05) is 6.42 Å². The van der Waals surface area contributed by atoms with Crippen molar-refractivity contribution >= 4 is 0 Å². The fourth-order valence-electron chi connectivity index (χ4n) is 1.47. The number of aliphatic hydroxyl groups excluding tert-OH is 1. The van der Waals surface area contributed by atoms with Gasteiger partial charge in [-0.15, -0.1) is 0 Å². The van der Waals surface area contributed by atoms with Gasteiger partial charge in [-0.2, -0.15) is 0 Å². The zero-order valence-corrected chi connectivity index (χ0v) is 9.27. The molecule has 0 saturated carbocycles. The SMILES string of the molecule is C[N+](C)(C)[C@@H](CO)Cc1ccccc1. The summed E-state index contributed by atoms with van der Waals surface area (Å²) in [5.41, 5.74) is 1.29. The Kier molecular flexibility index (Phi) is 3.67. The van der Waals surface area contributed by atoms with Crippen LogP contribution in [0.4, 0.5) is 0 Å². The smallest absolute Gasteiger partial charge is 0.116 e. The molecule has 78 valence electrons. The lowest BCUT2D eigenvalue weighted by molar-refractivity contribution is -0.896. The van der Waals surface area contributed by atoms with Crippen molar-refractivity contribution in [3.63, 3.8) is 0 Å². The molecule has 14 heavy (non-hydrogen) atoms. The summed E-state index contributed by atoms with van der Waals surface area (Å²) < 4.78 is 0.797. The molecular weight excluding hydrogens is 174 g/mol. The van der Waals surface area contributed by atoms with E-state index in [9.17, 15) is 5.11 Å². The average Bonchev–Trinajstić information content (AvgIpc) is 2.14. The van der Waals surface area contributed by atoms with Crippen molar-refractivity contribution in [2.45, 2.75) is 12.5 Å². The van der Waals surface area contributed by atoms with Crippen LogP contribution in [0.15, 0.2) is 30.3 Å². The summed E-state index contributed by atoms with van der Waals surface area (Å²) in [5.74, 6) is 0. The average molecular weight is 194 g/mol. The van der Waals surface area contributed by atoms with Crippen LogP contribution in [0.2, 0.25) is 0 Å². The van der Waals surface area contributed by atoms with Gasteiger partial charge in [0.05, 0.1) is 27.7 Å². The highest BCUT2D eigenvalue weighted by Gasteiger charge is 2.22. The van der Waals surface area contributed by atoms with E-state index >= 15 is 0 Å². The molecule has 2 heteroatoms. The van der Waals surface area contributed by atoms with E-state index in [1.807, 2.05) is 18.2 Å². The Morgan fingerprint density at radius 3 is 2.14 bits per heavy atom. The quantitative estimate of drug-likeness (QED) is 0.716. The minimum atomic E-state index is 0.235. The van der Waals surface area contributed by atoms with Crippen molar-refractivity contribution < 1.29 is 9.59 Å². The highest BCUT2D eigenvalue weighted by molar-refractivity contribution is 5.15. The van der Waals surface area contributed by atoms with Crippen molar-refractivity contribution in [2.24, 2.45) is 0 Å². The highest BCUT2D eigenvalue weighted by atomic mass is 16.3. The van der Waals surface area contributed by atoms with Crippen molar-refractivity contribution in [3.8, 4) is 0 Å². The number of rotatable bonds is 4. The standard InChI is InChI=1S/C12H20NO/c1-13(2,3)12(10-14)9-11-7-5-4-6-8-11/h4-8,12,14H,9-10H2,1-3H3/q+1/t12-/m1/s1. The van der Waals surface area contributed by atoms with Crippen molar-refractivity contribution in [3.05, 3.63) is 35.9 Å². The molecule has 0 aromatic heterocycles. The lowest BCUT2D eigenvalue weighted by Gasteiger charge is -2.33. The van der Waals surface area contributed by atoms with Gasteiger partial charge in [0.2, 0.25) is 0 Å². The molecule has 0 amide bonds. The van der Waals surface area contributed by atoms with Gasteiger partial charge in [-0.05, 0) is 5.56 Å². The molecule has 0 aliphatic rings. The van der Waals surface area contributed by atoms with E-state index in [2.05, 4.69) is 33.3 Å². The van der Waals surface area contributed by atoms with Crippen LogP contribution in [0, 0.1) is 0 Å². The minimum Gasteiger partial charge on any atom is -0.390 e. The first-order chi connectivity index (χ1) is 6.54. The molecule has 1 aromatic rings. The first-order valence-electron chi connectivity index (χ1n) is 5.00. The zero-order valence-electron chi connectivity index (χ0n) is 9.27. The maximum absolute atomic E-state index is 9.31. The monoisotopic (exact) mass is 194 g/mol. The fourth-order valence-corrected chi connectivity index (χ4v) is 1.47. The van der Waals surface area contributed by atoms with Gasteiger partial charge in [0.15, 0.2) is 0 Å². The summed E-state index contributed by atoms with van der Waals surface area (Å²) in [6, 6.07) is 10.6. The third-order valence-corrected chi connectivity index (χ3v) is 2.62. The van der Waals surface area contributed by atoms with Crippen LogP contribution in [-0.2, 0) is 6.42 Å². The molecule has 0 bridgehead atoms. The summed E-state index contributed by atoms with van der Waals surface area (Å²) in [4.78, 5) is 0. The second-order valence-corrected chi connectivity index (χ2v) is 4.64. The molecule has 1 aromatic carbocycles. The first kappa shape index (κ1) is 11.2. The summed E-state index contributed by atoms with van der Waals surface area (Å²) in [6.07, 6.45) is 0.931. The van der Waals surface area contributed by atoms with Gasteiger partial charge in [-0.1, -0.05) is 30.3 Å². The van der Waals surface area contributed by atoms with E-state index in [0.717, 1.165) is 10.9 Å². The van der Waals surface area contributed by atoms with Crippen LogP contribution in [0.1, 0.15) is 5.56 Å². The Morgan fingerprint density at radius 1 is 1.14 bits per heavy atom. The topological polar surface area (TPSA) is 20.2 Å². The predicted octanol–water partition coefficient (Wildman–Crippen LogP) is 1.30. The third kappa shape index (κ3) is 3.13. The van der Waals surface area contributed by atoms with Crippen LogP contribution >= 0.6 is 0 Å². The summed E-state index contributed by atoms with van der Waals surface area (Å²) in [6.45, 7) is 0.235. The molecule has 2 nitrogen and oxygen atoms in total. The largest absolute Gasteiger partial charge is 0.390 e. The Hall–Kier alpha value is -0.860. The molecule has 1 N–H and O–H groups in total. The van der Waals surface area contributed by atoms with Gasteiger partial charge in [0.25, 0.3) is 0 Å². The van der Waals surface area contributed by atoms with E-state index in [1.54, 1.807) is 0 Å². The molecule has 0 heterocycles. The molecule has 0 aliphatic carbocycles. The van der Waals surface area contributed by atoms with E-state index in [4.69, 9.17) is 0 Å². The van der Waals surface area contributed by atoms with Crippen LogP contribution in [0.5, 0.6) is 0 Å². The van der Waals surface area contributed by atoms with E-state index in [1.165, 1.54) is 5.56 Å². The van der Waals surface area contributed by atoms with Gasteiger partial charge in [0.1, 0.15) is 6.04 Å². The Morgan fingerprint density at radius 2 is 1.71 bits per heavy atom. The maximum atomic E-state index is 9.31. The molecule has 0 fully saturated rings. The summed E-state index contributed by atoms with van der Waals surface area (Å²) >= 11 is 0. The molecule has 0 aliphatic heterocycles. The van der Waals surface area contributed by atoms with Gasteiger partial charge >= 0.3 is 0 Å². The van der Waals surface area contributed by atoms with Crippen molar-refractivity contribution in [1.29, 1.82) is 0 Å². The highest BCUT2D eigenvalue weighted by Crippen LogP contribution is 2.10. The van der Waals surface area contributed by atoms with Crippen LogP contribution in [0.25, 0.3) is 0 Å². The normalized spacial score (nSPS) is 14.0. The number of benzene rings is 1. The number of hydrogen-bond donors (Lipinski definition) is 1. The van der Waals surface area contributed by atoms with E-state index in [-0.39, 0.29) is 12.6 Å². The summed E-state index contributed by atoms with van der Waals surface area (Å²) in [7, 11) is 6.34. The third-order valence-electron chi connectivity index (χ3n) is 2.62. The van der Waals surface area contributed by atoms with Crippen molar-refractivity contribution in [2.75, 3.05) is 27.7 Å². The second-order valence-electron chi connectivity index (χ2n) is 4.64. The number of hydrogen-bond acceptors (Lipinski definition) is 1. The second kappa shape index (κ2) is 4.58. The van der Waals surface area contributed by atoms with Gasteiger partial charge in [-0.3, -0.25) is 0 Å². The van der Waals surface area contributed by atoms with Gasteiger partial charge in [-0.25, -0.2) is 0 Å². The van der Waals surface area contributed by atoms with Crippen LogP contribution in [0.3, 0.4) is 0 Å². The summed E-state index contributed by atoms with van der Waals surface area (Å²) in [5, 5.41) is 9.31. The lowest BCUT2D eigenvalue weighted by Crippen LogP contribution is -2.48. The zero-order chi connectivity index (χ0) is 10.6. The maximum Gasteiger partial charge on any atom is 0.116 e. The number of quaternary nitrogens is 1. The van der Waals surface area contributed by atoms with Gasteiger partial charge < -0.3 is 9.59 Å². The predicted molar refractivity (Wildman–Crippen MR) is 59.1 cm³/mol. The minimum absolute atomic E-state index is 0.235. The fraction of sp³-hybridized carbons (Fsp3) is 0.500. The Labute approximate surface area is 86.4 Å². The Bertz CT molecular complexity index is 263. The molecule has 0 spiro atoms. The van der Waals surface area contributed by atoms with Crippen LogP contribution in [-0.4, -0.2) is 43.4 Å². The molecule has 1 rings (SSSR count). The van der Waals surface area contributed by atoms with E-state index in [0.29, 0.717) is 0 Å². The lowest BCUT2D eigenvalue weighted by atomic mass is 10.0. The molecule has 0 saturated heterocycles. The molecular formula is C12H20NO+. The molecule has 1 atom stereocenters. The number of aliphatic hydroxyl groups is 1. The van der Waals surface area contributed by atoms with Crippen LogP contribution < -0.4 is 0 Å². The first-order valence-corrected chi connectivity index (χ1v) is 5.00. The molecule has 0 radical (unpaired) electrons. The number of nitrogens with zero attached hydrogens (tertiary/aromatic N) is 1. The number of likely N-dealkylation sites (N-methyl/N-ethyl adjacent to an activating group) is 1. The molecule has 0 unspecified atom stereocenters. The van der Waals surface area contributed by atoms with Crippen molar-refractivity contribution in [1.82, 2.24) is 0 Å². The van der Waals surface area contributed by atoms with E-state index < -0.39 is 0 Å². The Balaban J connectivity index is 2.67.